The first kappa shape index (κ1) is 22.6. The molecule has 0 aliphatic heterocycles. The van der Waals surface area contributed by atoms with Gasteiger partial charge in [-0.05, 0) is 64.0 Å². The lowest BCUT2D eigenvalue weighted by atomic mass is 10.2. The summed E-state index contributed by atoms with van der Waals surface area (Å²) < 4.78 is 4.51. The zero-order valence-electron chi connectivity index (χ0n) is 19.5. The molecule has 1 aliphatic carbocycles. The topological polar surface area (TPSA) is 64.7 Å². The summed E-state index contributed by atoms with van der Waals surface area (Å²) in [6.07, 6.45) is 8.73. The van der Waals surface area contributed by atoms with E-state index in [4.69, 9.17) is 0 Å². The second-order valence-corrected chi connectivity index (χ2v) is 9.45. The molecule has 7 heteroatoms. The van der Waals surface area contributed by atoms with Crippen LogP contribution in [-0.4, -0.2) is 38.0 Å². The van der Waals surface area contributed by atoms with Crippen LogP contribution in [0.4, 0.5) is 0 Å². The summed E-state index contributed by atoms with van der Waals surface area (Å²) >= 11 is 1.67. The van der Waals surface area contributed by atoms with Gasteiger partial charge in [0.25, 0.3) is 5.91 Å². The van der Waals surface area contributed by atoms with Gasteiger partial charge in [0, 0.05) is 36.1 Å². The van der Waals surface area contributed by atoms with Crippen molar-refractivity contribution in [3.8, 4) is 5.69 Å². The molecular weight excluding hydrogens is 418 g/mol. The van der Waals surface area contributed by atoms with Crippen LogP contribution in [0.1, 0.15) is 71.3 Å². The minimum Gasteiger partial charge on any atom is -0.352 e. The highest BCUT2D eigenvalue weighted by atomic mass is 32.2. The predicted molar refractivity (Wildman–Crippen MR) is 130 cm³/mol. The maximum atomic E-state index is 12.9. The molecule has 1 fully saturated rings. The quantitative estimate of drug-likeness (QED) is 0.378. The Hall–Kier alpha value is -2.54. The van der Waals surface area contributed by atoms with E-state index in [1.165, 1.54) is 31.2 Å². The Morgan fingerprint density at radius 2 is 1.91 bits per heavy atom. The van der Waals surface area contributed by atoms with Gasteiger partial charge in [-0.1, -0.05) is 42.8 Å². The van der Waals surface area contributed by atoms with Crippen molar-refractivity contribution in [3.63, 3.8) is 0 Å². The van der Waals surface area contributed by atoms with E-state index in [1.807, 2.05) is 25.1 Å². The highest BCUT2D eigenvalue weighted by molar-refractivity contribution is 7.98. The minimum atomic E-state index is -0.0139. The summed E-state index contributed by atoms with van der Waals surface area (Å²) in [7, 11) is 0. The Balaban J connectivity index is 1.39. The molecule has 6 nitrogen and oxygen atoms in total. The number of carbonyl (C=O) groups is 1. The maximum Gasteiger partial charge on any atom is 0.253 e. The van der Waals surface area contributed by atoms with Crippen LogP contribution in [-0.2, 0) is 6.42 Å². The SMILES string of the molecule is CSc1nnc(CCCNC(=O)c2cc(C)n(-c3ccccc3C)c2C)n1C1CCCC1. The van der Waals surface area contributed by atoms with Crippen molar-refractivity contribution in [1.82, 2.24) is 24.6 Å². The van der Waals surface area contributed by atoms with E-state index < -0.39 is 0 Å². The van der Waals surface area contributed by atoms with Crippen molar-refractivity contribution >= 4 is 17.7 Å². The molecule has 0 unspecified atom stereocenters. The molecule has 4 rings (SSSR count). The van der Waals surface area contributed by atoms with Crippen molar-refractivity contribution < 1.29 is 4.79 Å². The average Bonchev–Trinajstić information content (AvgIpc) is 3.51. The number of aromatic nitrogens is 4. The fourth-order valence-corrected chi connectivity index (χ4v) is 5.44. The molecule has 2 heterocycles. The van der Waals surface area contributed by atoms with Crippen LogP contribution in [0, 0.1) is 20.8 Å². The van der Waals surface area contributed by atoms with Gasteiger partial charge in [0.2, 0.25) is 0 Å². The predicted octanol–water partition coefficient (Wildman–Crippen LogP) is 5.19. The third kappa shape index (κ3) is 4.49. The second kappa shape index (κ2) is 9.94. The number of hydrogen-bond acceptors (Lipinski definition) is 4. The maximum absolute atomic E-state index is 12.9. The standard InChI is InChI=1S/C25H33N5OS/c1-17-10-5-8-13-22(17)29-18(2)16-21(19(29)3)24(31)26-15-9-14-23-27-28-25(32-4)30(23)20-11-6-7-12-20/h5,8,10,13,16,20H,6-7,9,11-12,14-15H2,1-4H3,(H,26,31). The van der Waals surface area contributed by atoms with Gasteiger partial charge < -0.3 is 14.5 Å². The zero-order chi connectivity index (χ0) is 22.7. The summed E-state index contributed by atoms with van der Waals surface area (Å²) in [5, 5.41) is 13.0. The molecule has 0 saturated heterocycles. The molecule has 1 amide bonds. The van der Waals surface area contributed by atoms with E-state index in [0.717, 1.165) is 46.5 Å². The van der Waals surface area contributed by atoms with Crippen molar-refractivity contribution in [3.05, 3.63) is 58.7 Å². The highest BCUT2D eigenvalue weighted by Gasteiger charge is 2.23. The summed E-state index contributed by atoms with van der Waals surface area (Å²) in [5.74, 6) is 1.04. The zero-order valence-corrected chi connectivity index (χ0v) is 20.3. The summed E-state index contributed by atoms with van der Waals surface area (Å²) in [6, 6.07) is 10.8. The fourth-order valence-electron chi connectivity index (χ4n) is 4.87. The number of benzene rings is 1. The molecule has 1 N–H and O–H groups in total. The normalized spacial score (nSPS) is 14.2. The molecule has 1 aromatic carbocycles. The number of nitrogens with zero attached hydrogens (tertiary/aromatic N) is 4. The van der Waals surface area contributed by atoms with Gasteiger partial charge in [-0.2, -0.15) is 0 Å². The summed E-state index contributed by atoms with van der Waals surface area (Å²) in [6.45, 7) is 6.79. The van der Waals surface area contributed by atoms with Crippen molar-refractivity contribution in [2.24, 2.45) is 0 Å². The van der Waals surface area contributed by atoms with E-state index in [2.05, 4.69) is 56.9 Å². The number of carbonyl (C=O) groups excluding carboxylic acids is 1. The first-order valence-corrected chi connectivity index (χ1v) is 12.7. The molecule has 1 saturated carbocycles. The third-order valence-corrected chi connectivity index (χ3v) is 7.15. The lowest BCUT2D eigenvalue weighted by molar-refractivity contribution is 0.0952. The Morgan fingerprint density at radius 1 is 1.16 bits per heavy atom. The van der Waals surface area contributed by atoms with Gasteiger partial charge in [-0.3, -0.25) is 4.79 Å². The Kier molecular flexibility index (Phi) is 7.04. The van der Waals surface area contributed by atoms with E-state index in [9.17, 15) is 4.79 Å². The van der Waals surface area contributed by atoms with E-state index in [-0.39, 0.29) is 5.91 Å². The number of amides is 1. The summed E-state index contributed by atoms with van der Waals surface area (Å²) in [5.41, 5.74) is 5.09. The molecule has 2 aromatic heterocycles. The molecule has 1 aliphatic rings. The lowest BCUT2D eigenvalue weighted by Gasteiger charge is -2.16. The third-order valence-electron chi connectivity index (χ3n) is 6.50. The second-order valence-electron chi connectivity index (χ2n) is 8.68. The Bertz CT molecular complexity index is 1090. The van der Waals surface area contributed by atoms with Crippen LogP contribution in [0.3, 0.4) is 0 Å². The molecule has 0 bridgehead atoms. The van der Waals surface area contributed by atoms with E-state index in [0.29, 0.717) is 12.6 Å². The van der Waals surface area contributed by atoms with Gasteiger partial charge in [0.15, 0.2) is 5.16 Å². The highest BCUT2D eigenvalue weighted by Crippen LogP contribution is 2.33. The molecule has 32 heavy (non-hydrogen) atoms. The summed E-state index contributed by atoms with van der Waals surface area (Å²) in [4.78, 5) is 12.9. The van der Waals surface area contributed by atoms with Gasteiger partial charge in [0.1, 0.15) is 5.82 Å². The van der Waals surface area contributed by atoms with Crippen LogP contribution in [0.2, 0.25) is 0 Å². The number of para-hydroxylation sites is 1. The number of hydrogen-bond donors (Lipinski definition) is 1. The van der Waals surface area contributed by atoms with Crippen LogP contribution >= 0.6 is 11.8 Å². The Labute approximate surface area is 194 Å². The number of thioether (sulfide) groups is 1. The molecule has 0 atom stereocenters. The fraction of sp³-hybridized carbons (Fsp3) is 0.480. The first-order chi connectivity index (χ1) is 15.5. The van der Waals surface area contributed by atoms with Gasteiger partial charge >= 0.3 is 0 Å². The van der Waals surface area contributed by atoms with E-state index >= 15 is 0 Å². The number of rotatable bonds is 8. The molecule has 0 spiro atoms. The molecular formula is C25H33N5OS. The van der Waals surface area contributed by atoms with Crippen molar-refractivity contribution in [1.29, 1.82) is 0 Å². The smallest absolute Gasteiger partial charge is 0.253 e. The largest absolute Gasteiger partial charge is 0.352 e. The van der Waals surface area contributed by atoms with Gasteiger partial charge in [-0.15, -0.1) is 10.2 Å². The minimum absolute atomic E-state index is 0.0139. The van der Waals surface area contributed by atoms with Gasteiger partial charge in [-0.25, -0.2) is 0 Å². The van der Waals surface area contributed by atoms with Crippen molar-refractivity contribution in [2.75, 3.05) is 12.8 Å². The molecule has 0 radical (unpaired) electrons. The lowest BCUT2D eigenvalue weighted by Crippen LogP contribution is -2.25. The van der Waals surface area contributed by atoms with Crippen molar-refractivity contribution in [2.45, 2.75) is 70.5 Å². The van der Waals surface area contributed by atoms with Gasteiger partial charge in [0.05, 0.1) is 5.56 Å². The first-order valence-electron chi connectivity index (χ1n) is 11.5. The Morgan fingerprint density at radius 3 is 2.62 bits per heavy atom. The molecule has 3 aromatic rings. The average molecular weight is 452 g/mol. The number of aryl methyl sites for hydroxylation is 3. The van der Waals surface area contributed by atoms with Crippen LogP contribution in [0.15, 0.2) is 35.5 Å². The molecule has 170 valence electrons. The number of nitrogens with one attached hydrogen (secondary N) is 1. The van der Waals surface area contributed by atoms with Crippen LogP contribution in [0.5, 0.6) is 0 Å². The van der Waals surface area contributed by atoms with Crippen LogP contribution in [0.25, 0.3) is 5.69 Å². The van der Waals surface area contributed by atoms with E-state index in [1.54, 1.807) is 11.8 Å². The monoisotopic (exact) mass is 451 g/mol. The van der Waals surface area contributed by atoms with Crippen LogP contribution < -0.4 is 5.32 Å².